The number of amides is 3. The fourth-order valence-electron chi connectivity index (χ4n) is 4.31. The van der Waals surface area contributed by atoms with Crippen molar-refractivity contribution >= 4 is 45.4 Å². The maximum absolute atomic E-state index is 12.8. The summed E-state index contributed by atoms with van der Waals surface area (Å²) in [5.74, 6) is 0.462. The van der Waals surface area contributed by atoms with Crippen molar-refractivity contribution in [3.05, 3.63) is 35.3 Å². The highest BCUT2D eigenvalue weighted by Gasteiger charge is 2.25. The van der Waals surface area contributed by atoms with Crippen LogP contribution in [0.1, 0.15) is 43.8 Å². The van der Waals surface area contributed by atoms with E-state index < -0.39 is 0 Å². The van der Waals surface area contributed by atoms with Crippen LogP contribution in [0.5, 0.6) is 0 Å². The normalized spacial score (nSPS) is 17.5. The van der Waals surface area contributed by atoms with Crippen molar-refractivity contribution in [2.75, 3.05) is 23.3 Å². The summed E-state index contributed by atoms with van der Waals surface area (Å²) >= 11 is 1.39. The Kier molecular flexibility index (Phi) is 5.12. The van der Waals surface area contributed by atoms with Gasteiger partial charge >= 0.3 is 6.03 Å². The van der Waals surface area contributed by atoms with Crippen molar-refractivity contribution < 1.29 is 9.59 Å². The van der Waals surface area contributed by atoms with Crippen LogP contribution in [0.3, 0.4) is 0 Å². The number of para-hydroxylation sites is 2. The van der Waals surface area contributed by atoms with E-state index in [1.807, 2.05) is 23.6 Å². The number of carbonyl (C=O) groups excluding carboxylic acids is 2. The third kappa shape index (κ3) is 3.65. The number of thiazole rings is 1. The zero-order chi connectivity index (χ0) is 20.5. The van der Waals surface area contributed by atoms with Crippen molar-refractivity contribution in [3.8, 4) is 0 Å². The molecule has 1 aliphatic heterocycles. The van der Waals surface area contributed by atoms with Gasteiger partial charge in [-0.1, -0.05) is 25.0 Å². The van der Waals surface area contributed by atoms with Crippen LogP contribution >= 0.6 is 11.3 Å². The molecular weight excluding hydrogens is 400 g/mol. The molecule has 3 amide bonds. The molecule has 0 radical (unpaired) electrons. The lowest BCUT2D eigenvalue weighted by Gasteiger charge is -2.24. The van der Waals surface area contributed by atoms with Crippen LogP contribution < -0.4 is 15.5 Å². The van der Waals surface area contributed by atoms with Crippen molar-refractivity contribution in [2.24, 2.45) is 0 Å². The molecule has 1 aliphatic carbocycles. The molecule has 3 heterocycles. The van der Waals surface area contributed by atoms with Gasteiger partial charge in [-0.2, -0.15) is 0 Å². The Bertz CT molecular complexity index is 1080. The number of hydrogen-bond acceptors (Lipinski definition) is 5. The Hall–Kier alpha value is -2.94. The topological polar surface area (TPSA) is 92.2 Å². The molecule has 5 rings (SSSR count). The number of anilines is 2. The number of nitrogens with zero attached hydrogens (tertiary/aromatic N) is 4. The first-order valence-corrected chi connectivity index (χ1v) is 11.3. The molecule has 1 aromatic carbocycles. The van der Waals surface area contributed by atoms with E-state index in [0.717, 1.165) is 30.3 Å². The molecule has 0 atom stereocenters. The minimum absolute atomic E-state index is 0.128. The third-order valence-electron chi connectivity index (χ3n) is 5.73. The molecule has 2 aromatic heterocycles. The molecule has 0 unspecified atom stereocenters. The maximum atomic E-state index is 12.8. The summed E-state index contributed by atoms with van der Waals surface area (Å²) in [6, 6.07) is 8.26. The minimum Gasteiger partial charge on any atom is -0.338 e. The fourth-order valence-corrected chi connectivity index (χ4v) is 5.16. The zero-order valence-electron chi connectivity index (χ0n) is 16.6. The Morgan fingerprint density at radius 3 is 2.87 bits per heavy atom. The Balaban J connectivity index is 1.33. The summed E-state index contributed by atoms with van der Waals surface area (Å²) in [7, 11) is 0. The molecule has 8 nitrogen and oxygen atoms in total. The molecule has 0 bridgehead atoms. The van der Waals surface area contributed by atoms with Gasteiger partial charge in [0.15, 0.2) is 5.13 Å². The monoisotopic (exact) mass is 424 g/mol. The van der Waals surface area contributed by atoms with Crippen LogP contribution in [-0.2, 0) is 11.2 Å². The van der Waals surface area contributed by atoms with Gasteiger partial charge in [0.05, 0.1) is 23.1 Å². The van der Waals surface area contributed by atoms with E-state index in [1.165, 1.54) is 24.2 Å². The quantitative estimate of drug-likeness (QED) is 0.653. The average molecular weight is 425 g/mol. The summed E-state index contributed by atoms with van der Waals surface area (Å²) in [6.07, 6.45) is 5.66. The van der Waals surface area contributed by atoms with E-state index in [9.17, 15) is 9.59 Å². The Morgan fingerprint density at radius 1 is 1.20 bits per heavy atom. The summed E-state index contributed by atoms with van der Waals surface area (Å²) in [5.41, 5.74) is 2.62. The van der Waals surface area contributed by atoms with Crippen LogP contribution in [0, 0.1) is 0 Å². The van der Waals surface area contributed by atoms with Gasteiger partial charge in [-0.3, -0.25) is 15.0 Å². The van der Waals surface area contributed by atoms with Gasteiger partial charge in [-0.15, -0.1) is 11.3 Å². The number of urea groups is 1. The first-order chi connectivity index (χ1) is 14.7. The number of imidazole rings is 1. The van der Waals surface area contributed by atoms with E-state index >= 15 is 0 Å². The second-order valence-electron chi connectivity index (χ2n) is 7.82. The highest BCUT2D eigenvalue weighted by molar-refractivity contribution is 7.14. The molecule has 156 valence electrons. The molecule has 2 fully saturated rings. The third-order valence-corrected chi connectivity index (χ3v) is 6.64. The molecular formula is C21H24N6O2S. The predicted molar refractivity (Wildman–Crippen MR) is 117 cm³/mol. The van der Waals surface area contributed by atoms with Crippen LogP contribution in [0.15, 0.2) is 29.6 Å². The van der Waals surface area contributed by atoms with E-state index in [1.54, 1.807) is 4.90 Å². The van der Waals surface area contributed by atoms with Crippen LogP contribution in [0.25, 0.3) is 11.0 Å². The first kappa shape index (κ1) is 19.0. The number of fused-ring (bicyclic) bond motifs is 1. The van der Waals surface area contributed by atoms with Crippen molar-refractivity contribution in [1.29, 1.82) is 0 Å². The van der Waals surface area contributed by atoms with Gasteiger partial charge in [0, 0.05) is 24.5 Å². The smallest absolute Gasteiger partial charge is 0.323 e. The molecule has 1 saturated heterocycles. The number of benzene rings is 1. The summed E-state index contributed by atoms with van der Waals surface area (Å²) in [6.45, 7) is 1.34. The predicted octanol–water partition coefficient (Wildman–Crippen LogP) is 3.71. The molecule has 2 N–H and O–H groups in total. The van der Waals surface area contributed by atoms with E-state index in [4.69, 9.17) is 0 Å². The number of hydrogen-bond donors (Lipinski definition) is 2. The van der Waals surface area contributed by atoms with Gasteiger partial charge < -0.3 is 9.88 Å². The van der Waals surface area contributed by atoms with E-state index in [2.05, 4.69) is 31.2 Å². The Labute approximate surface area is 178 Å². The molecule has 2 aliphatic rings. The van der Waals surface area contributed by atoms with Crippen molar-refractivity contribution in [3.63, 3.8) is 0 Å². The van der Waals surface area contributed by atoms with Crippen LogP contribution in [-0.4, -0.2) is 39.6 Å². The molecule has 1 saturated carbocycles. The van der Waals surface area contributed by atoms with Crippen LogP contribution in [0.4, 0.5) is 15.9 Å². The van der Waals surface area contributed by atoms with Crippen LogP contribution in [0.2, 0.25) is 0 Å². The minimum atomic E-state index is -0.149. The second kappa shape index (κ2) is 8.06. The summed E-state index contributed by atoms with van der Waals surface area (Å²) in [5, 5.41) is 8.31. The summed E-state index contributed by atoms with van der Waals surface area (Å²) < 4.78 is 2.19. The standard InChI is InChI=1S/C21H24N6O2S/c28-18(12-14-13-30-21(23-14)26-11-5-10-22-20(26)29)25-19-24-16-8-3-4-9-17(16)27(19)15-6-1-2-7-15/h3-4,8-9,13,15H,1-2,5-7,10-12H2,(H,22,29)(H,24,25,28). The SMILES string of the molecule is O=C(Cc1csc(N2CCCNC2=O)n1)Nc1nc2ccccc2n1C1CCCC1. The maximum Gasteiger partial charge on any atom is 0.323 e. The fraction of sp³-hybridized carbons (Fsp3) is 0.429. The van der Waals surface area contributed by atoms with Gasteiger partial charge in [0.25, 0.3) is 0 Å². The second-order valence-corrected chi connectivity index (χ2v) is 8.65. The number of rotatable bonds is 5. The van der Waals surface area contributed by atoms with E-state index in [-0.39, 0.29) is 18.4 Å². The van der Waals surface area contributed by atoms with Gasteiger partial charge in [0.2, 0.25) is 11.9 Å². The van der Waals surface area contributed by atoms with Gasteiger partial charge in [-0.25, -0.2) is 14.8 Å². The zero-order valence-corrected chi connectivity index (χ0v) is 17.5. The van der Waals surface area contributed by atoms with Gasteiger partial charge in [0.1, 0.15) is 0 Å². The molecule has 9 heteroatoms. The van der Waals surface area contributed by atoms with E-state index in [0.29, 0.717) is 35.9 Å². The lowest BCUT2D eigenvalue weighted by molar-refractivity contribution is -0.115. The van der Waals surface area contributed by atoms with Crippen molar-refractivity contribution in [2.45, 2.75) is 44.6 Å². The number of nitrogens with one attached hydrogen (secondary N) is 2. The first-order valence-electron chi connectivity index (χ1n) is 10.5. The molecule has 30 heavy (non-hydrogen) atoms. The Morgan fingerprint density at radius 2 is 2.03 bits per heavy atom. The average Bonchev–Trinajstić information content (AvgIpc) is 3.47. The highest BCUT2D eigenvalue weighted by Crippen LogP contribution is 2.35. The van der Waals surface area contributed by atoms with Gasteiger partial charge in [-0.05, 0) is 31.4 Å². The molecule has 3 aromatic rings. The molecule has 0 spiro atoms. The number of carbonyl (C=O) groups is 2. The highest BCUT2D eigenvalue weighted by atomic mass is 32.1. The lowest BCUT2D eigenvalue weighted by Crippen LogP contribution is -2.46. The largest absolute Gasteiger partial charge is 0.338 e. The number of aromatic nitrogens is 3. The van der Waals surface area contributed by atoms with Crippen molar-refractivity contribution in [1.82, 2.24) is 19.9 Å². The lowest BCUT2D eigenvalue weighted by atomic mass is 10.2. The summed E-state index contributed by atoms with van der Waals surface area (Å²) in [4.78, 5) is 35.6.